The molecule has 0 N–H and O–H groups in total. The number of nitrogens with zero attached hydrogens (tertiary/aromatic N) is 3. The highest BCUT2D eigenvalue weighted by Crippen LogP contribution is 2.13. The molecule has 29 heavy (non-hydrogen) atoms. The molecule has 0 aliphatic heterocycles. The Morgan fingerprint density at radius 1 is 0.517 bits per heavy atom. The van der Waals surface area contributed by atoms with Crippen molar-refractivity contribution in [2.45, 2.75) is 92.3 Å². The average molecular weight is 430 g/mol. The number of rotatable bonds is 21. The van der Waals surface area contributed by atoms with Crippen LogP contribution in [0.25, 0.3) is 0 Å². The van der Waals surface area contributed by atoms with Gasteiger partial charge in [0.25, 0.3) is 0 Å². The van der Waals surface area contributed by atoms with E-state index in [1.807, 2.05) is 0 Å². The standard InChI is InChI=1S/C24H55N3OSi/c1-8-15-25(16-9-2)19-13-21-27(23-24-29(6,7)28-12-5)22-14-20-26(17-10-3)18-11-4/h8-24H2,1-7H3. The first-order chi connectivity index (χ1) is 13.9. The largest absolute Gasteiger partial charge is 0.418 e. The third-order valence-electron chi connectivity index (χ3n) is 5.62. The Hall–Kier alpha value is 0.0569. The summed E-state index contributed by atoms with van der Waals surface area (Å²) >= 11 is 0. The molecule has 0 aromatic rings. The molecular formula is C24H55N3OSi. The zero-order chi connectivity index (χ0) is 22.0. The van der Waals surface area contributed by atoms with Crippen molar-refractivity contribution in [3.63, 3.8) is 0 Å². The molecule has 0 unspecified atom stereocenters. The van der Waals surface area contributed by atoms with Gasteiger partial charge in [0.2, 0.25) is 0 Å². The lowest BCUT2D eigenvalue weighted by Gasteiger charge is -2.30. The summed E-state index contributed by atoms with van der Waals surface area (Å²) in [5.41, 5.74) is 0. The zero-order valence-corrected chi connectivity index (χ0v) is 22.3. The van der Waals surface area contributed by atoms with E-state index in [2.05, 4.69) is 62.4 Å². The average Bonchev–Trinajstić information content (AvgIpc) is 2.66. The summed E-state index contributed by atoms with van der Waals surface area (Å²) in [7, 11) is -1.50. The molecule has 0 aromatic carbocycles. The van der Waals surface area contributed by atoms with Crippen LogP contribution in [0.15, 0.2) is 0 Å². The van der Waals surface area contributed by atoms with E-state index in [0.29, 0.717) is 0 Å². The summed E-state index contributed by atoms with van der Waals surface area (Å²) in [6.45, 7) is 28.2. The SMILES string of the molecule is CCCN(CCC)CCCN(CCCN(CCC)CCC)CC[Si](C)(C)OCC. The molecule has 0 aromatic heterocycles. The Kier molecular flexibility index (Phi) is 18.8. The Bertz CT molecular complexity index is 321. The fourth-order valence-corrected chi connectivity index (χ4v) is 5.98. The molecule has 0 fully saturated rings. The highest BCUT2D eigenvalue weighted by molar-refractivity contribution is 6.71. The minimum atomic E-state index is -1.50. The summed E-state index contributed by atoms with van der Waals surface area (Å²) in [6, 6.07) is 1.25. The molecule has 0 heterocycles. The molecule has 0 aliphatic carbocycles. The number of hydrogen-bond donors (Lipinski definition) is 0. The van der Waals surface area contributed by atoms with E-state index >= 15 is 0 Å². The van der Waals surface area contributed by atoms with Gasteiger partial charge in [-0.15, -0.1) is 0 Å². The summed E-state index contributed by atoms with van der Waals surface area (Å²) in [4.78, 5) is 8.04. The van der Waals surface area contributed by atoms with E-state index < -0.39 is 8.32 Å². The second-order valence-corrected chi connectivity index (χ2v) is 13.5. The number of hydrogen-bond acceptors (Lipinski definition) is 4. The smallest absolute Gasteiger partial charge is 0.187 e. The van der Waals surface area contributed by atoms with E-state index in [1.165, 1.54) is 103 Å². The van der Waals surface area contributed by atoms with Gasteiger partial charge in [-0.1, -0.05) is 27.7 Å². The van der Waals surface area contributed by atoms with Crippen LogP contribution in [0.5, 0.6) is 0 Å². The van der Waals surface area contributed by atoms with Gasteiger partial charge in [-0.05, 0) is 123 Å². The molecule has 0 bridgehead atoms. The zero-order valence-electron chi connectivity index (χ0n) is 21.3. The Morgan fingerprint density at radius 2 is 0.862 bits per heavy atom. The van der Waals surface area contributed by atoms with Crippen molar-refractivity contribution >= 4 is 8.32 Å². The van der Waals surface area contributed by atoms with Crippen molar-refractivity contribution in [3.05, 3.63) is 0 Å². The first-order valence-corrected chi connectivity index (χ1v) is 15.8. The Morgan fingerprint density at radius 3 is 1.17 bits per heavy atom. The first-order valence-electron chi connectivity index (χ1n) is 12.7. The van der Waals surface area contributed by atoms with Crippen molar-refractivity contribution < 1.29 is 4.43 Å². The quantitative estimate of drug-likeness (QED) is 0.222. The summed E-state index contributed by atoms with van der Waals surface area (Å²) in [6.07, 6.45) is 7.66. The third-order valence-corrected chi connectivity index (χ3v) is 8.12. The highest BCUT2D eigenvalue weighted by Gasteiger charge is 2.22. The van der Waals surface area contributed by atoms with Crippen molar-refractivity contribution in [2.24, 2.45) is 0 Å². The van der Waals surface area contributed by atoms with Crippen molar-refractivity contribution in [1.82, 2.24) is 14.7 Å². The Balaban J connectivity index is 4.57. The lowest BCUT2D eigenvalue weighted by molar-refractivity contribution is 0.210. The molecule has 0 atom stereocenters. The van der Waals surface area contributed by atoms with Gasteiger partial charge in [0.05, 0.1) is 0 Å². The van der Waals surface area contributed by atoms with Gasteiger partial charge in [0, 0.05) is 6.61 Å². The van der Waals surface area contributed by atoms with Gasteiger partial charge in [-0.3, -0.25) is 0 Å². The van der Waals surface area contributed by atoms with E-state index in [-0.39, 0.29) is 0 Å². The molecule has 0 aliphatic rings. The molecule has 0 saturated carbocycles. The topological polar surface area (TPSA) is 19.0 Å². The maximum Gasteiger partial charge on any atom is 0.187 e. The minimum absolute atomic E-state index is 0.866. The van der Waals surface area contributed by atoms with Crippen LogP contribution >= 0.6 is 0 Å². The monoisotopic (exact) mass is 429 g/mol. The normalized spacial score (nSPS) is 12.6. The van der Waals surface area contributed by atoms with Gasteiger partial charge in [0.15, 0.2) is 8.32 Å². The molecule has 0 saturated heterocycles. The van der Waals surface area contributed by atoms with Gasteiger partial charge < -0.3 is 19.1 Å². The third kappa shape index (κ3) is 16.4. The van der Waals surface area contributed by atoms with Crippen molar-refractivity contribution in [1.29, 1.82) is 0 Å². The van der Waals surface area contributed by atoms with Gasteiger partial charge >= 0.3 is 0 Å². The van der Waals surface area contributed by atoms with E-state index in [1.54, 1.807) is 0 Å². The fraction of sp³-hybridized carbons (Fsp3) is 1.00. The second-order valence-electron chi connectivity index (χ2n) is 9.17. The summed E-state index contributed by atoms with van der Waals surface area (Å²) < 4.78 is 6.09. The van der Waals surface area contributed by atoms with E-state index in [0.717, 1.165) is 6.61 Å². The second kappa shape index (κ2) is 18.8. The van der Waals surface area contributed by atoms with E-state index in [9.17, 15) is 0 Å². The highest BCUT2D eigenvalue weighted by atomic mass is 28.4. The van der Waals surface area contributed by atoms with Crippen LogP contribution in [-0.4, -0.2) is 88.5 Å². The van der Waals surface area contributed by atoms with Crippen molar-refractivity contribution in [3.8, 4) is 0 Å². The maximum atomic E-state index is 6.09. The predicted octanol–water partition coefficient (Wildman–Crippen LogP) is 5.55. The molecule has 0 radical (unpaired) electrons. The van der Waals surface area contributed by atoms with Crippen LogP contribution in [-0.2, 0) is 4.43 Å². The molecule has 5 heteroatoms. The van der Waals surface area contributed by atoms with Crippen LogP contribution in [0.2, 0.25) is 19.1 Å². The first kappa shape index (κ1) is 29.1. The van der Waals surface area contributed by atoms with Crippen LogP contribution in [0.1, 0.15) is 73.1 Å². The van der Waals surface area contributed by atoms with Gasteiger partial charge in [0.1, 0.15) is 0 Å². The van der Waals surface area contributed by atoms with Crippen LogP contribution in [0.4, 0.5) is 0 Å². The molecule has 4 nitrogen and oxygen atoms in total. The summed E-state index contributed by atoms with van der Waals surface area (Å²) in [5.74, 6) is 0. The van der Waals surface area contributed by atoms with Crippen molar-refractivity contribution in [2.75, 3.05) is 65.5 Å². The van der Waals surface area contributed by atoms with Crippen LogP contribution in [0.3, 0.4) is 0 Å². The minimum Gasteiger partial charge on any atom is -0.418 e. The molecular weight excluding hydrogens is 374 g/mol. The van der Waals surface area contributed by atoms with Crippen LogP contribution in [0, 0.1) is 0 Å². The maximum absolute atomic E-state index is 6.09. The van der Waals surface area contributed by atoms with Gasteiger partial charge in [-0.2, -0.15) is 0 Å². The fourth-order valence-electron chi connectivity index (χ4n) is 4.20. The Labute approximate surface area is 185 Å². The van der Waals surface area contributed by atoms with E-state index in [4.69, 9.17) is 4.43 Å². The molecule has 176 valence electrons. The molecule has 0 spiro atoms. The molecule has 0 rings (SSSR count). The van der Waals surface area contributed by atoms with Crippen LogP contribution < -0.4 is 0 Å². The van der Waals surface area contributed by atoms with Gasteiger partial charge in [-0.25, -0.2) is 0 Å². The lowest BCUT2D eigenvalue weighted by Crippen LogP contribution is -2.39. The predicted molar refractivity (Wildman–Crippen MR) is 134 cm³/mol. The lowest BCUT2D eigenvalue weighted by atomic mass is 10.2. The summed E-state index contributed by atoms with van der Waals surface area (Å²) in [5, 5.41) is 0. The molecule has 0 amide bonds.